The summed E-state index contributed by atoms with van der Waals surface area (Å²) in [4.78, 5) is 24.1. The van der Waals surface area contributed by atoms with Gasteiger partial charge in [0.15, 0.2) is 5.11 Å². The first-order chi connectivity index (χ1) is 7.58. The molecule has 1 aromatic rings. The third kappa shape index (κ3) is 1.94. The van der Waals surface area contributed by atoms with Crippen molar-refractivity contribution in [3.8, 4) is 0 Å². The highest BCUT2D eigenvalue weighted by Gasteiger charge is 2.28. The molecular weight excluding hydrogens is 224 g/mol. The molecule has 1 heterocycles. The molecule has 0 unspecified atom stereocenters. The van der Waals surface area contributed by atoms with Crippen molar-refractivity contribution in [1.29, 1.82) is 0 Å². The van der Waals surface area contributed by atoms with E-state index in [1.807, 2.05) is 19.1 Å². The predicted octanol–water partition coefficient (Wildman–Crippen LogP) is 1.13. The van der Waals surface area contributed by atoms with Gasteiger partial charge in [0.05, 0.1) is 5.69 Å². The van der Waals surface area contributed by atoms with Crippen LogP contribution in [0, 0.1) is 6.92 Å². The van der Waals surface area contributed by atoms with E-state index in [1.165, 1.54) is 4.90 Å². The molecule has 0 bridgehead atoms. The zero-order valence-electron chi connectivity index (χ0n) is 8.69. The number of aryl methyl sites for hydroxylation is 1. The van der Waals surface area contributed by atoms with Crippen molar-refractivity contribution in [2.45, 2.75) is 13.3 Å². The first kappa shape index (κ1) is 10.8. The highest BCUT2D eigenvalue weighted by atomic mass is 32.1. The van der Waals surface area contributed by atoms with Crippen LogP contribution in [-0.2, 0) is 9.59 Å². The fourth-order valence-corrected chi connectivity index (χ4v) is 1.83. The number of amides is 2. The summed E-state index contributed by atoms with van der Waals surface area (Å²) in [6.07, 6.45) is -0.159. The zero-order valence-corrected chi connectivity index (χ0v) is 9.50. The average molecular weight is 234 g/mol. The number of hydrogen-bond acceptors (Lipinski definition) is 3. The third-order valence-electron chi connectivity index (χ3n) is 2.30. The molecule has 2 amide bonds. The molecule has 1 aliphatic heterocycles. The number of anilines is 1. The van der Waals surface area contributed by atoms with E-state index in [0.29, 0.717) is 5.69 Å². The Bertz CT molecular complexity index is 447. The second kappa shape index (κ2) is 4.02. The third-order valence-corrected chi connectivity index (χ3v) is 2.59. The van der Waals surface area contributed by atoms with E-state index in [1.54, 1.807) is 12.1 Å². The van der Waals surface area contributed by atoms with Crippen LogP contribution in [0.5, 0.6) is 0 Å². The van der Waals surface area contributed by atoms with Gasteiger partial charge in [-0.2, -0.15) is 0 Å². The van der Waals surface area contributed by atoms with Gasteiger partial charge in [-0.25, -0.2) is 0 Å². The molecule has 1 saturated heterocycles. The van der Waals surface area contributed by atoms with Gasteiger partial charge in [0, 0.05) is 0 Å². The van der Waals surface area contributed by atoms with Crippen molar-refractivity contribution in [3.05, 3.63) is 29.8 Å². The fraction of sp³-hybridized carbons (Fsp3) is 0.182. The smallest absolute Gasteiger partial charge is 0.242 e. The molecular formula is C11H10N2O2S. The standard InChI is InChI=1S/C11H10N2O2S/c1-7-2-4-8(5-3-7)13-10(15)6-9(14)12-11(13)16/h2-5H,6H2,1H3,(H,12,14,16). The normalized spacial score (nSPS) is 16.3. The Morgan fingerprint density at radius 3 is 2.44 bits per heavy atom. The minimum Gasteiger partial charge on any atom is -0.302 e. The van der Waals surface area contributed by atoms with E-state index < -0.39 is 0 Å². The van der Waals surface area contributed by atoms with E-state index in [2.05, 4.69) is 5.32 Å². The van der Waals surface area contributed by atoms with Crippen molar-refractivity contribution >= 4 is 34.8 Å². The van der Waals surface area contributed by atoms with Crippen molar-refractivity contribution in [2.75, 3.05) is 4.90 Å². The van der Waals surface area contributed by atoms with Gasteiger partial charge >= 0.3 is 0 Å². The van der Waals surface area contributed by atoms with Crippen molar-refractivity contribution in [3.63, 3.8) is 0 Å². The zero-order chi connectivity index (χ0) is 11.7. The molecule has 82 valence electrons. The van der Waals surface area contributed by atoms with Gasteiger partial charge in [-0.1, -0.05) is 17.7 Å². The van der Waals surface area contributed by atoms with Crippen LogP contribution in [0.3, 0.4) is 0 Å². The lowest BCUT2D eigenvalue weighted by molar-refractivity contribution is -0.127. The lowest BCUT2D eigenvalue weighted by Gasteiger charge is -2.27. The Morgan fingerprint density at radius 2 is 1.88 bits per heavy atom. The Labute approximate surface area is 98.2 Å². The van der Waals surface area contributed by atoms with Gasteiger partial charge in [-0.3, -0.25) is 14.5 Å². The molecule has 5 heteroatoms. The lowest BCUT2D eigenvalue weighted by Crippen LogP contribution is -2.52. The maximum atomic E-state index is 11.7. The summed E-state index contributed by atoms with van der Waals surface area (Å²) >= 11 is 4.97. The maximum absolute atomic E-state index is 11.7. The lowest BCUT2D eigenvalue weighted by atomic mass is 10.2. The molecule has 1 aliphatic rings. The average Bonchev–Trinajstić information content (AvgIpc) is 2.19. The summed E-state index contributed by atoms with van der Waals surface area (Å²) in [6, 6.07) is 7.39. The number of hydrogen-bond donors (Lipinski definition) is 1. The van der Waals surface area contributed by atoms with Gasteiger partial charge in [-0.05, 0) is 31.3 Å². The van der Waals surface area contributed by atoms with Crippen molar-refractivity contribution in [2.24, 2.45) is 0 Å². The molecule has 1 N–H and O–H groups in total. The maximum Gasteiger partial charge on any atom is 0.242 e. The van der Waals surface area contributed by atoms with Crippen LogP contribution < -0.4 is 10.2 Å². The van der Waals surface area contributed by atoms with Crippen molar-refractivity contribution in [1.82, 2.24) is 5.32 Å². The van der Waals surface area contributed by atoms with Gasteiger partial charge in [0.2, 0.25) is 11.8 Å². The number of benzene rings is 1. The summed E-state index contributed by atoms with van der Waals surface area (Å²) in [5, 5.41) is 2.61. The highest BCUT2D eigenvalue weighted by Crippen LogP contribution is 2.18. The Morgan fingerprint density at radius 1 is 1.25 bits per heavy atom. The molecule has 2 rings (SSSR count). The Balaban J connectivity index is 2.32. The van der Waals surface area contributed by atoms with E-state index in [9.17, 15) is 9.59 Å². The topological polar surface area (TPSA) is 49.4 Å². The predicted molar refractivity (Wildman–Crippen MR) is 64.0 cm³/mol. The monoisotopic (exact) mass is 234 g/mol. The molecule has 4 nitrogen and oxygen atoms in total. The SMILES string of the molecule is Cc1ccc(N2C(=O)CC(=O)NC2=S)cc1. The summed E-state index contributed by atoms with van der Waals surface area (Å²) in [6.45, 7) is 1.96. The molecule has 1 aromatic carbocycles. The summed E-state index contributed by atoms with van der Waals surface area (Å²) < 4.78 is 0. The van der Waals surface area contributed by atoms with Crippen LogP contribution in [0.1, 0.15) is 12.0 Å². The second-order valence-electron chi connectivity index (χ2n) is 3.59. The second-order valence-corrected chi connectivity index (χ2v) is 3.98. The minimum atomic E-state index is -0.349. The van der Waals surface area contributed by atoms with Crippen LogP contribution in [0.4, 0.5) is 5.69 Å². The summed E-state index contributed by atoms with van der Waals surface area (Å²) in [5.41, 5.74) is 1.78. The highest BCUT2D eigenvalue weighted by molar-refractivity contribution is 7.80. The van der Waals surface area contributed by atoms with Crippen LogP contribution in [0.15, 0.2) is 24.3 Å². The number of carbonyl (C=O) groups is 2. The number of rotatable bonds is 1. The number of nitrogens with zero attached hydrogens (tertiary/aromatic N) is 1. The fourth-order valence-electron chi connectivity index (χ4n) is 1.50. The summed E-state index contributed by atoms with van der Waals surface area (Å²) in [7, 11) is 0. The van der Waals surface area contributed by atoms with Gasteiger partial charge in [0.25, 0.3) is 0 Å². The van der Waals surface area contributed by atoms with E-state index in [-0.39, 0.29) is 23.3 Å². The largest absolute Gasteiger partial charge is 0.302 e. The number of nitrogens with one attached hydrogen (secondary N) is 1. The molecule has 0 spiro atoms. The van der Waals surface area contributed by atoms with Crippen LogP contribution in [0.25, 0.3) is 0 Å². The van der Waals surface area contributed by atoms with E-state index >= 15 is 0 Å². The quantitative estimate of drug-likeness (QED) is 0.585. The number of carbonyl (C=O) groups excluding carboxylic acids is 2. The first-order valence-corrected chi connectivity index (χ1v) is 5.22. The van der Waals surface area contributed by atoms with Crippen molar-refractivity contribution < 1.29 is 9.59 Å². The van der Waals surface area contributed by atoms with Gasteiger partial charge in [0.1, 0.15) is 6.42 Å². The minimum absolute atomic E-state index is 0.144. The molecule has 0 aliphatic carbocycles. The molecule has 0 aromatic heterocycles. The molecule has 16 heavy (non-hydrogen) atoms. The van der Waals surface area contributed by atoms with Crippen LogP contribution in [-0.4, -0.2) is 16.9 Å². The molecule has 1 fully saturated rings. The summed E-state index contributed by atoms with van der Waals surface area (Å²) in [5.74, 6) is -0.643. The van der Waals surface area contributed by atoms with Crippen LogP contribution in [0.2, 0.25) is 0 Å². The number of thiocarbonyl (C=S) groups is 1. The van der Waals surface area contributed by atoms with Crippen LogP contribution >= 0.6 is 12.2 Å². The first-order valence-electron chi connectivity index (χ1n) is 4.81. The van der Waals surface area contributed by atoms with Gasteiger partial charge < -0.3 is 5.32 Å². The molecule has 0 saturated carbocycles. The van der Waals surface area contributed by atoms with E-state index in [4.69, 9.17) is 12.2 Å². The Hall–Kier alpha value is -1.75. The molecule has 0 atom stereocenters. The van der Waals surface area contributed by atoms with E-state index in [0.717, 1.165) is 5.56 Å². The Kier molecular flexibility index (Phi) is 2.70. The molecule has 0 radical (unpaired) electrons. The van der Waals surface area contributed by atoms with Gasteiger partial charge in [-0.15, -0.1) is 0 Å².